The highest BCUT2D eigenvalue weighted by molar-refractivity contribution is 4.37. The molecule has 0 saturated heterocycles. The van der Waals surface area contributed by atoms with E-state index in [1.54, 1.807) is 0 Å². The van der Waals surface area contributed by atoms with Gasteiger partial charge < -0.3 is 10.1 Å². The second-order valence-corrected chi connectivity index (χ2v) is 0.864. The summed E-state index contributed by atoms with van der Waals surface area (Å²) >= 11 is 0. The fourth-order valence-electron chi connectivity index (χ4n) is 0.155. The third-order valence-corrected chi connectivity index (χ3v) is 0.386. The number of azide groups is 1. The molecule has 10 heavy (non-hydrogen) atoms. The van der Waals surface area contributed by atoms with Crippen LogP contribution in [0.15, 0.2) is 10.4 Å². The molecule has 0 unspecified atom stereocenters. The molecule has 0 saturated carbocycles. The first-order valence-electron chi connectivity index (χ1n) is 1.77. The zero-order valence-electron chi connectivity index (χ0n) is 4.39. The van der Waals surface area contributed by atoms with Crippen molar-refractivity contribution in [2.24, 2.45) is 10.4 Å². The molecule has 0 radical (unpaired) electrons. The van der Waals surface area contributed by atoms with Gasteiger partial charge in [0.15, 0.2) is 0 Å². The van der Waals surface area contributed by atoms with Crippen molar-refractivity contribution in [2.45, 2.75) is 0 Å². The van der Waals surface area contributed by atoms with Crippen LogP contribution in [0.3, 0.4) is 0 Å². The van der Waals surface area contributed by atoms with E-state index in [-0.39, 0.29) is 5.23 Å². The van der Waals surface area contributed by atoms with Crippen molar-refractivity contribution in [3.05, 3.63) is 31.0 Å². The predicted octanol–water partition coefficient (Wildman–Crippen LogP) is 0.931. The van der Waals surface area contributed by atoms with Crippen molar-refractivity contribution in [2.75, 3.05) is 0 Å². The number of nitrogens with zero attached hydrogens (tertiary/aromatic N) is 8. The van der Waals surface area contributed by atoms with Crippen LogP contribution in [0.1, 0.15) is 0 Å². The van der Waals surface area contributed by atoms with Crippen molar-refractivity contribution in [1.82, 2.24) is 5.23 Å². The smallest absolute Gasteiger partial charge is 0.354 e. The quantitative estimate of drug-likeness (QED) is 0.191. The lowest BCUT2D eigenvalue weighted by molar-refractivity contribution is -0.660. The number of hydrogen-bond acceptors (Lipinski definition) is 4. The van der Waals surface area contributed by atoms with E-state index in [0.29, 0.717) is 0 Å². The molecule has 0 aromatic rings. The second kappa shape index (κ2) is 3.78. The summed E-state index contributed by atoms with van der Waals surface area (Å²) in [7, 11) is 0. The van der Waals surface area contributed by atoms with Crippen LogP contribution >= 0.6 is 0 Å². The number of hydrogen-bond donors (Lipinski definition) is 0. The maximum absolute atomic E-state index is 9.68. The molecule has 10 nitrogen and oxygen atoms in total. The van der Waals surface area contributed by atoms with Crippen LogP contribution in [0.4, 0.5) is 0 Å². The highest BCUT2D eigenvalue weighted by Gasteiger charge is 2.27. The summed E-state index contributed by atoms with van der Waals surface area (Å²) in [6, 6.07) is 0. The molecule has 0 aliphatic carbocycles. The lowest BCUT2D eigenvalue weighted by Gasteiger charge is -1.80. The van der Waals surface area contributed by atoms with Gasteiger partial charge >= 0.3 is 15.7 Å². The zero-order valence-corrected chi connectivity index (χ0v) is 4.39. The first kappa shape index (κ1) is 7.82. The van der Waals surface area contributed by atoms with Crippen LogP contribution in [-0.4, -0.2) is 10.3 Å². The van der Waals surface area contributed by atoms with E-state index >= 15 is 0 Å². The van der Waals surface area contributed by atoms with Gasteiger partial charge in [-0.05, 0) is 0 Å². The van der Waals surface area contributed by atoms with Gasteiger partial charge in [-0.1, -0.05) is 0 Å². The molecule has 0 fully saturated rings. The van der Waals surface area contributed by atoms with E-state index in [1.165, 1.54) is 0 Å². The van der Waals surface area contributed by atoms with Gasteiger partial charge in [-0.2, -0.15) is 0 Å². The largest absolute Gasteiger partial charge is 0.425 e. The molecule has 0 aliphatic heterocycles. The molecule has 0 bridgehead atoms. The molecule has 0 N–H and O–H groups in total. The molecule has 0 atom stereocenters. The van der Waals surface area contributed by atoms with E-state index in [4.69, 9.17) is 11.1 Å². The molecule has 0 aromatic heterocycles. The third-order valence-electron chi connectivity index (χ3n) is 0.386. The Morgan fingerprint density at radius 3 is 2.00 bits per heavy atom. The zero-order chi connectivity index (χ0) is 7.98. The van der Waals surface area contributed by atoms with Crippen molar-refractivity contribution in [1.29, 1.82) is 0 Å². The molecule has 10 heteroatoms. The van der Waals surface area contributed by atoms with Gasteiger partial charge in [-0.15, -0.1) is 11.1 Å². The fourth-order valence-corrected chi connectivity index (χ4v) is 0.155. The number of nitro groups is 1. The maximum Gasteiger partial charge on any atom is 0.425 e. The Bertz CT molecular complexity index is 195. The average molecular weight is 144 g/mol. The summed E-state index contributed by atoms with van der Waals surface area (Å²) in [5.74, 6) is 0. The van der Waals surface area contributed by atoms with Crippen LogP contribution in [0.2, 0.25) is 0 Å². The lowest BCUT2D eigenvalue weighted by Crippen LogP contribution is -2.15. The van der Waals surface area contributed by atoms with Crippen LogP contribution < -0.4 is 0 Å². The van der Waals surface area contributed by atoms with Crippen LogP contribution in [0.5, 0.6) is 0 Å². The van der Waals surface area contributed by atoms with Crippen molar-refractivity contribution >= 4 is 0 Å². The summed E-state index contributed by atoms with van der Waals surface area (Å²) in [5.41, 5.74) is 15.3. The first-order valence-corrected chi connectivity index (χ1v) is 1.77. The van der Waals surface area contributed by atoms with E-state index in [0.717, 1.165) is 0 Å². The van der Waals surface area contributed by atoms with Gasteiger partial charge in [-0.25, -0.2) is 0 Å². The van der Waals surface area contributed by atoms with Gasteiger partial charge in [0.25, 0.3) is 0 Å². The molecule has 0 amide bonds. The Balaban J connectivity index is 4.40. The van der Waals surface area contributed by atoms with Crippen LogP contribution in [0.25, 0.3) is 20.9 Å². The minimum absolute atomic E-state index is 0.333. The minimum Gasteiger partial charge on any atom is -0.354 e. The summed E-state index contributed by atoms with van der Waals surface area (Å²) < 4.78 is 0. The lowest BCUT2D eigenvalue weighted by atomic mass is 12.1. The monoisotopic (exact) mass is 144 g/mol. The SMILES string of the molecule is [N-]=[N+]=NN(N=[N+]=[N-])[N+](=O)[O-]. The molecule has 0 heterocycles. The molecular weight excluding hydrogens is 144 g/mol. The fraction of sp³-hybridized carbons (Fsp3) is 0. The van der Waals surface area contributed by atoms with Gasteiger partial charge in [-0.3, -0.25) is 0 Å². The third kappa shape index (κ3) is 2.21. The Morgan fingerprint density at radius 2 is 1.80 bits per heavy atom. The van der Waals surface area contributed by atoms with E-state index in [9.17, 15) is 10.1 Å². The number of rotatable bonds is 3. The van der Waals surface area contributed by atoms with Crippen LogP contribution in [-0.2, 0) is 0 Å². The Morgan fingerprint density at radius 1 is 1.40 bits per heavy atom. The van der Waals surface area contributed by atoms with E-state index in [2.05, 4.69) is 10.4 Å². The predicted molar refractivity (Wildman–Crippen MR) is 27.1 cm³/mol. The summed E-state index contributed by atoms with van der Waals surface area (Å²) in [5, 5.41) is 13.0. The van der Waals surface area contributed by atoms with Gasteiger partial charge in [0.05, 0.1) is 0 Å². The average Bonchev–Trinajstić information content (AvgIpc) is 1.87. The number of hydrazine groups is 1. The molecule has 0 rings (SSSR count). The Labute approximate surface area is 53.0 Å². The highest BCUT2D eigenvalue weighted by Crippen LogP contribution is 1.90. The summed E-state index contributed by atoms with van der Waals surface area (Å²) in [6.45, 7) is 0. The molecule has 0 spiro atoms. The van der Waals surface area contributed by atoms with Crippen LogP contribution in [0, 0.1) is 10.1 Å². The Hall–Kier alpha value is -2.18. The second-order valence-electron chi connectivity index (χ2n) is 0.864. The van der Waals surface area contributed by atoms with Gasteiger partial charge in [0, 0.05) is 9.82 Å². The van der Waals surface area contributed by atoms with Crippen molar-refractivity contribution < 1.29 is 5.03 Å². The molecule has 0 aromatic carbocycles. The minimum atomic E-state index is -1.17. The molecule has 52 valence electrons. The summed E-state index contributed by atoms with van der Waals surface area (Å²) in [4.78, 5) is 13.7. The first-order chi connectivity index (χ1) is 4.72. The van der Waals surface area contributed by atoms with E-state index < -0.39 is 5.03 Å². The van der Waals surface area contributed by atoms with Crippen molar-refractivity contribution in [3.8, 4) is 0 Å². The standard InChI is InChI=1S/N8O2/c1-3-5-7(6-4-2)8(9)10. The Kier molecular flexibility index (Phi) is 2.95. The van der Waals surface area contributed by atoms with Gasteiger partial charge in [0.1, 0.15) is 5.03 Å². The normalized spacial score (nSPS) is 6.80. The van der Waals surface area contributed by atoms with E-state index in [1.807, 2.05) is 9.82 Å². The summed E-state index contributed by atoms with van der Waals surface area (Å²) in [6.07, 6.45) is 0. The van der Waals surface area contributed by atoms with Crippen molar-refractivity contribution in [3.63, 3.8) is 0 Å². The highest BCUT2D eigenvalue weighted by atomic mass is 16.7. The molecular formula is N8O2. The van der Waals surface area contributed by atoms with Gasteiger partial charge in [0.2, 0.25) is 0 Å². The molecule has 0 aliphatic rings. The maximum atomic E-state index is 9.68. The topological polar surface area (TPSA) is 144 Å².